The van der Waals surface area contributed by atoms with Gasteiger partial charge in [0, 0.05) is 36.5 Å². The third kappa shape index (κ3) is 3.24. The van der Waals surface area contributed by atoms with Crippen molar-refractivity contribution in [3.63, 3.8) is 0 Å². The third-order valence-corrected chi connectivity index (χ3v) is 6.35. The van der Waals surface area contributed by atoms with Crippen LogP contribution in [0.3, 0.4) is 0 Å². The number of nitrogens with zero attached hydrogens (tertiary/aromatic N) is 4. The van der Waals surface area contributed by atoms with Gasteiger partial charge in [0.25, 0.3) is 5.91 Å². The fourth-order valence-corrected chi connectivity index (χ4v) is 4.74. The molecule has 2 aromatic carbocycles. The van der Waals surface area contributed by atoms with Gasteiger partial charge in [0.05, 0.1) is 37.2 Å². The number of fused-ring (bicyclic) bond motifs is 2. The molecule has 0 unspecified atom stereocenters. The van der Waals surface area contributed by atoms with Crippen LogP contribution in [-0.2, 0) is 22.5 Å². The second kappa shape index (κ2) is 7.80. The minimum Gasteiger partial charge on any atom is -0.377 e. The lowest BCUT2D eigenvalue weighted by Gasteiger charge is -2.36. The zero-order valence-electron chi connectivity index (χ0n) is 17.6. The first kappa shape index (κ1) is 19.1. The minimum atomic E-state index is -0.0840. The maximum atomic E-state index is 13.5. The van der Waals surface area contributed by atoms with Gasteiger partial charge in [-0.3, -0.25) is 14.8 Å². The van der Waals surface area contributed by atoms with Gasteiger partial charge in [-0.15, -0.1) is 0 Å². The van der Waals surface area contributed by atoms with Crippen LogP contribution in [-0.4, -0.2) is 47.0 Å². The lowest BCUT2D eigenvalue weighted by Crippen LogP contribution is -2.46. The molecule has 32 heavy (non-hydrogen) atoms. The van der Waals surface area contributed by atoms with Gasteiger partial charge in [-0.1, -0.05) is 36.4 Å². The first-order valence-corrected chi connectivity index (χ1v) is 10.9. The molecular formula is C26H22N4O2. The number of hydrogen-bond donors (Lipinski definition) is 0. The quantitative estimate of drug-likeness (QED) is 0.647. The minimum absolute atomic E-state index is 0.00142. The molecule has 1 amide bonds. The second-order valence-electron chi connectivity index (χ2n) is 8.27. The molecule has 0 aliphatic carbocycles. The van der Waals surface area contributed by atoms with E-state index in [9.17, 15) is 4.79 Å². The van der Waals surface area contributed by atoms with Gasteiger partial charge in [-0.2, -0.15) is 0 Å². The number of hydrogen-bond acceptors (Lipinski definition) is 5. The SMILES string of the molecule is O=C(C1=Nc2cc3c(cc2C1)CN=C3c1ccncc1)N1CCOC[C@@H]1c1ccccc1. The molecular weight excluding hydrogens is 400 g/mol. The van der Waals surface area contributed by atoms with E-state index in [0.717, 1.165) is 33.7 Å². The molecule has 6 rings (SSSR count). The highest BCUT2D eigenvalue weighted by Gasteiger charge is 2.33. The topological polar surface area (TPSA) is 67.2 Å². The van der Waals surface area contributed by atoms with Crippen molar-refractivity contribution < 1.29 is 9.53 Å². The molecule has 0 saturated carbocycles. The van der Waals surface area contributed by atoms with Crippen molar-refractivity contribution in [1.29, 1.82) is 0 Å². The molecule has 0 N–H and O–H groups in total. The Hall–Kier alpha value is -3.64. The molecule has 1 fully saturated rings. The second-order valence-corrected chi connectivity index (χ2v) is 8.27. The molecule has 4 heterocycles. The number of ether oxygens (including phenoxy) is 1. The van der Waals surface area contributed by atoms with Gasteiger partial charge >= 0.3 is 0 Å². The maximum absolute atomic E-state index is 13.5. The molecule has 6 nitrogen and oxygen atoms in total. The highest BCUT2D eigenvalue weighted by Crippen LogP contribution is 2.35. The van der Waals surface area contributed by atoms with Crippen LogP contribution in [0, 0.1) is 0 Å². The van der Waals surface area contributed by atoms with Crippen LogP contribution in [0.4, 0.5) is 5.69 Å². The van der Waals surface area contributed by atoms with E-state index >= 15 is 0 Å². The largest absolute Gasteiger partial charge is 0.377 e. The summed E-state index contributed by atoms with van der Waals surface area (Å²) >= 11 is 0. The molecule has 0 bridgehead atoms. The Balaban J connectivity index is 1.29. The zero-order valence-corrected chi connectivity index (χ0v) is 17.6. The van der Waals surface area contributed by atoms with Crippen LogP contribution < -0.4 is 0 Å². The first-order chi connectivity index (χ1) is 15.8. The van der Waals surface area contributed by atoms with Crippen molar-refractivity contribution in [1.82, 2.24) is 9.88 Å². The van der Waals surface area contributed by atoms with Gasteiger partial charge in [-0.05, 0) is 34.9 Å². The van der Waals surface area contributed by atoms with E-state index in [0.29, 0.717) is 38.4 Å². The Labute approximate surface area is 186 Å². The summed E-state index contributed by atoms with van der Waals surface area (Å²) in [5.41, 5.74) is 7.98. The van der Waals surface area contributed by atoms with Crippen molar-refractivity contribution >= 4 is 23.0 Å². The maximum Gasteiger partial charge on any atom is 0.269 e. The Morgan fingerprint density at radius 3 is 2.72 bits per heavy atom. The summed E-state index contributed by atoms with van der Waals surface area (Å²) in [4.78, 5) is 29.0. The molecule has 3 aromatic rings. The van der Waals surface area contributed by atoms with E-state index in [1.54, 1.807) is 12.4 Å². The number of morpholine rings is 1. The number of rotatable bonds is 3. The molecule has 1 aromatic heterocycles. The summed E-state index contributed by atoms with van der Waals surface area (Å²) < 4.78 is 5.70. The van der Waals surface area contributed by atoms with Gasteiger partial charge < -0.3 is 9.64 Å². The van der Waals surface area contributed by atoms with Crippen LogP contribution in [0.1, 0.15) is 33.9 Å². The molecule has 3 aliphatic rings. The Bertz CT molecular complexity index is 1250. The molecule has 3 aliphatic heterocycles. The molecule has 6 heteroatoms. The smallest absolute Gasteiger partial charge is 0.269 e. The van der Waals surface area contributed by atoms with Crippen molar-refractivity contribution in [3.05, 3.63) is 94.8 Å². The van der Waals surface area contributed by atoms with Crippen LogP contribution in [0.15, 0.2) is 77.0 Å². The summed E-state index contributed by atoms with van der Waals surface area (Å²) in [7, 11) is 0. The number of benzene rings is 2. The molecule has 158 valence electrons. The fourth-order valence-electron chi connectivity index (χ4n) is 4.74. The lowest BCUT2D eigenvalue weighted by atomic mass is 9.97. The summed E-state index contributed by atoms with van der Waals surface area (Å²) in [6.45, 7) is 2.29. The van der Waals surface area contributed by atoms with Crippen LogP contribution in [0.5, 0.6) is 0 Å². The Morgan fingerprint density at radius 2 is 1.88 bits per heavy atom. The van der Waals surface area contributed by atoms with E-state index in [1.807, 2.05) is 35.2 Å². The summed E-state index contributed by atoms with van der Waals surface area (Å²) in [6, 6.07) is 18.2. The first-order valence-electron chi connectivity index (χ1n) is 10.9. The fraction of sp³-hybridized carbons (Fsp3) is 0.231. The van der Waals surface area contributed by atoms with Crippen molar-refractivity contribution in [2.45, 2.75) is 19.0 Å². The van der Waals surface area contributed by atoms with Gasteiger partial charge in [0.1, 0.15) is 5.71 Å². The van der Waals surface area contributed by atoms with Crippen LogP contribution in [0.25, 0.3) is 0 Å². The number of carbonyl (C=O) groups is 1. The monoisotopic (exact) mass is 422 g/mol. The summed E-state index contributed by atoms with van der Waals surface area (Å²) in [5, 5.41) is 0. The van der Waals surface area contributed by atoms with Crippen molar-refractivity contribution in [3.8, 4) is 0 Å². The highest BCUT2D eigenvalue weighted by molar-refractivity contribution is 6.41. The van der Waals surface area contributed by atoms with Crippen LogP contribution in [0.2, 0.25) is 0 Å². The predicted molar refractivity (Wildman–Crippen MR) is 123 cm³/mol. The lowest BCUT2D eigenvalue weighted by molar-refractivity contribution is -0.132. The number of amides is 1. The highest BCUT2D eigenvalue weighted by atomic mass is 16.5. The molecule has 0 radical (unpaired) electrons. The molecule has 1 saturated heterocycles. The van der Waals surface area contributed by atoms with E-state index in [2.05, 4.69) is 29.2 Å². The number of aromatic nitrogens is 1. The standard InChI is InChI=1S/C26H22N4O2/c31-26(30-10-11-32-16-24(30)17-4-2-1-3-5-17)23-13-19-12-20-15-28-25(18-6-8-27-9-7-18)21(20)14-22(19)29-23/h1-9,12,14,24H,10-11,13,15-16H2/t24-/m1/s1. The number of carbonyl (C=O) groups excluding carboxylic acids is 1. The summed E-state index contributed by atoms with van der Waals surface area (Å²) in [5.74, 6) is 0.00142. The Morgan fingerprint density at radius 1 is 1.03 bits per heavy atom. The van der Waals surface area contributed by atoms with E-state index in [4.69, 9.17) is 14.7 Å². The van der Waals surface area contributed by atoms with Crippen molar-refractivity contribution in [2.24, 2.45) is 9.98 Å². The third-order valence-electron chi connectivity index (χ3n) is 6.35. The molecule has 0 spiro atoms. The van der Waals surface area contributed by atoms with E-state index in [-0.39, 0.29) is 11.9 Å². The van der Waals surface area contributed by atoms with Gasteiger partial charge in [0.2, 0.25) is 0 Å². The molecule has 1 atom stereocenters. The van der Waals surface area contributed by atoms with E-state index < -0.39 is 0 Å². The normalized spacial score (nSPS) is 19.2. The summed E-state index contributed by atoms with van der Waals surface area (Å²) in [6.07, 6.45) is 4.12. The van der Waals surface area contributed by atoms with E-state index in [1.165, 1.54) is 5.56 Å². The van der Waals surface area contributed by atoms with Crippen molar-refractivity contribution in [2.75, 3.05) is 19.8 Å². The number of pyridine rings is 1. The number of aliphatic imine (C=N–C) groups is 2. The predicted octanol–water partition coefficient (Wildman–Crippen LogP) is 3.66. The zero-order chi connectivity index (χ0) is 21.5. The average molecular weight is 422 g/mol. The van der Waals surface area contributed by atoms with Gasteiger partial charge in [-0.25, -0.2) is 4.99 Å². The average Bonchev–Trinajstić information content (AvgIpc) is 3.46. The van der Waals surface area contributed by atoms with Crippen LogP contribution >= 0.6 is 0 Å². The Kier molecular flexibility index (Phi) is 4.65. The van der Waals surface area contributed by atoms with Gasteiger partial charge in [0.15, 0.2) is 0 Å².